The molecule has 0 aliphatic carbocycles. The maximum absolute atomic E-state index is 12.3. The summed E-state index contributed by atoms with van der Waals surface area (Å²) in [6.07, 6.45) is 5.56. The first-order valence-corrected chi connectivity index (χ1v) is 10.1. The number of rotatable bonds is 10. The lowest BCUT2D eigenvalue weighted by Gasteiger charge is -2.08. The first kappa shape index (κ1) is 20.2. The fraction of sp³-hybridized carbons (Fsp3) is 0.364. The van der Waals surface area contributed by atoms with E-state index >= 15 is 0 Å². The molecular formula is C22H27NO2S. The molecule has 2 rings (SSSR count). The number of Topliss-reactive ketones (excluding diaryl/α,β-unsaturated/α-hetero) is 1. The third-order valence-electron chi connectivity index (χ3n) is 4.33. The van der Waals surface area contributed by atoms with Gasteiger partial charge in [0, 0.05) is 21.8 Å². The highest BCUT2D eigenvalue weighted by atomic mass is 32.2. The average molecular weight is 370 g/mol. The number of carbonyl (C=O) groups excluding carboxylic acids is 1. The molecule has 2 aromatic rings. The van der Waals surface area contributed by atoms with Gasteiger partial charge in [0.2, 0.25) is 0 Å². The molecule has 0 atom stereocenters. The van der Waals surface area contributed by atoms with Crippen LogP contribution in [-0.2, 0) is 11.2 Å². The summed E-state index contributed by atoms with van der Waals surface area (Å²) in [5.74, 6) is -0.0969. The van der Waals surface area contributed by atoms with Crippen LogP contribution in [0, 0.1) is 0 Å². The number of hydrogen-bond acceptors (Lipinski definition) is 4. The minimum absolute atomic E-state index is 0.0969. The summed E-state index contributed by atoms with van der Waals surface area (Å²) >= 11 is 1.71. The maximum atomic E-state index is 12.3. The minimum atomic E-state index is -0.0969. The number of ketones is 1. The van der Waals surface area contributed by atoms with E-state index < -0.39 is 0 Å². The summed E-state index contributed by atoms with van der Waals surface area (Å²) in [4.78, 5) is 14.6. The van der Waals surface area contributed by atoms with Crippen molar-refractivity contribution in [2.45, 2.75) is 62.2 Å². The predicted molar refractivity (Wildman–Crippen MR) is 108 cm³/mol. The van der Waals surface area contributed by atoms with Crippen molar-refractivity contribution in [3.8, 4) is 0 Å². The van der Waals surface area contributed by atoms with Gasteiger partial charge in [0.15, 0.2) is 11.5 Å². The van der Waals surface area contributed by atoms with Gasteiger partial charge in [0.05, 0.1) is 0 Å². The fourth-order valence-electron chi connectivity index (χ4n) is 2.81. The van der Waals surface area contributed by atoms with Crippen LogP contribution >= 0.6 is 11.8 Å². The molecule has 2 aromatic carbocycles. The topological polar surface area (TPSA) is 49.7 Å². The number of hydrogen-bond donors (Lipinski definition) is 1. The van der Waals surface area contributed by atoms with Gasteiger partial charge in [-0.25, -0.2) is 0 Å². The largest absolute Gasteiger partial charge is 0.410 e. The van der Waals surface area contributed by atoms with E-state index in [1.165, 1.54) is 10.5 Å². The molecule has 0 unspecified atom stereocenters. The van der Waals surface area contributed by atoms with E-state index in [0.717, 1.165) is 37.0 Å². The van der Waals surface area contributed by atoms with E-state index in [1.807, 2.05) is 30.3 Å². The van der Waals surface area contributed by atoms with Crippen molar-refractivity contribution in [2.24, 2.45) is 5.16 Å². The molecule has 1 N–H and O–H groups in total. The molecular weight excluding hydrogens is 342 g/mol. The summed E-state index contributed by atoms with van der Waals surface area (Å²) in [6.45, 7) is 4.29. The van der Waals surface area contributed by atoms with E-state index in [4.69, 9.17) is 0 Å². The Morgan fingerprint density at radius 1 is 1.00 bits per heavy atom. The molecule has 0 spiro atoms. The van der Waals surface area contributed by atoms with Crippen LogP contribution in [0.3, 0.4) is 0 Å². The molecule has 0 aromatic heterocycles. The van der Waals surface area contributed by atoms with Crippen LogP contribution in [0.2, 0.25) is 0 Å². The van der Waals surface area contributed by atoms with Crippen molar-refractivity contribution in [3.05, 3.63) is 59.7 Å². The summed E-state index contributed by atoms with van der Waals surface area (Å²) < 4.78 is 0. The van der Waals surface area contributed by atoms with Crippen LogP contribution in [0.1, 0.15) is 57.1 Å². The third-order valence-corrected chi connectivity index (χ3v) is 5.46. The quantitative estimate of drug-likeness (QED) is 0.238. The third kappa shape index (κ3) is 5.73. The number of aryl methyl sites for hydroxylation is 1. The molecule has 0 heterocycles. The van der Waals surface area contributed by atoms with Crippen molar-refractivity contribution in [1.82, 2.24) is 0 Å². The summed E-state index contributed by atoms with van der Waals surface area (Å²) in [7, 11) is 0. The zero-order valence-electron chi connectivity index (χ0n) is 15.6. The van der Waals surface area contributed by atoms with Crippen LogP contribution in [0.15, 0.2) is 63.5 Å². The fourth-order valence-corrected chi connectivity index (χ4v) is 3.82. The Hall–Kier alpha value is -2.07. The van der Waals surface area contributed by atoms with E-state index in [9.17, 15) is 10.0 Å². The van der Waals surface area contributed by atoms with Gasteiger partial charge in [-0.3, -0.25) is 4.79 Å². The molecule has 0 saturated carbocycles. The number of nitrogens with zero attached hydrogens (tertiary/aromatic N) is 1. The lowest BCUT2D eigenvalue weighted by atomic mass is 10.0. The molecule has 0 aliphatic rings. The second-order valence-corrected chi connectivity index (χ2v) is 7.39. The Kier molecular flexibility index (Phi) is 8.42. The maximum Gasteiger partial charge on any atom is 0.185 e. The van der Waals surface area contributed by atoms with Crippen LogP contribution < -0.4 is 0 Å². The van der Waals surface area contributed by atoms with Gasteiger partial charge in [0.1, 0.15) is 0 Å². The van der Waals surface area contributed by atoms with Gasteiger partial charge in [-0.15, -0.1) is 0 Å². The normalized spacial score (nSPS) is 11.5. The van der Waals surface area contributed by atoms with Crippen molar-refractivity contribution in [1.29, 1.82) is 0 Å². The average Bonchev–Trinajstić information content (AvgIpc) is 2.67. The van der Waals surface area contributed by atoms with Crippen LogP contribution in [0.5, 0.6) is 0 Å². The standard InChI is InChI=1S/C22H27NO2S/c1-3-5-6-7-11-20(24)22(23-25)18-13-15-19(16-14-18)26-21-12-9-8-10-17(21)4-2/h8-10,12-16,25H,3-7,11H2,1-2H3. The Labute approximate surface area is 160 Å². The highest BCUT2D eigenvalue weighted by molar-refractivity contribution is 7.99. The van der Waals surface area contributed by atoms with E-state index in [-0.39, 0.29) is 11.5 Å². The van der Waals surface area contributed by atoms with E-state index in [0.29, 0.717) is 12.0 Å². The Bertz CT molecular complexity index is 738. The zero-order chi connectivity index (χ0) is 18.8. The first-order chi connectivity index (χ1) is 12.7. The molecule has 0 fully saturated rings. The molecule has 4 heteroatoms. The number of carbonyl (C=O) groups is 1. The zero-order valence-corrected chi connectivity index (χ0v) is 16.4. The van der Waals surface area contributed by atoms with Crippen molar-refractivity contribution in [3.63, 3.8) is 0 Å². The SMILES string of the molecule is CCCCCCC(=O)C(=NO)c1ccc(Sc2ccccc2CC)cc1. The second kappa shape index (κ2) is 10.8. The van der Waals surface area contributed by atoms with Crippen LogP contribution in [0.4, 0.5) is 0 Å². The van der Waals surface area contributed by atoms with Gasteiger partial charge >= 0.3 is 0 Å². The van der Waals surface area contributed by atoms with Gasteiger partial charge < -0.3 is 5.21 Å². The minimum Gasteiger partial charge on any atom is -0.410 e. The summed E-state index contributed by atoms with van der Waals surface area (Å²) in [5.41, 5.74) is 2.15. The van der Waals surface area contributed by atoms with Crippen molar-refractivity contribution in [2.75, 3.05) is 0 Å². The monoisotopic (exact) mass is 369 g/mol. The molecule has 0 radical (unpaired) electrons. The summed E-state index contributed by atoms with van der Waals surface area (Å²) in [6, 6.07) is 16.0. The summed E-state index contributed by atoms with van der Waals surface area (Å²) in [5, 5.41) is 12.5. The Morgan fingerprint density at radius 2 is 1.73 bits per heavy atom. The van der Waals surface area contributed by atoms with Crippen molar-refractivity contribution < 1.29 is 10.0 Å². The Balaban J connectivity index is 2.04. The molecule has 0 bridgehead atoms. The molecule has 26 heavy (non-hydrogen) atoms. The Morgan fingerprint density at radius 3 is 2.38 bits per heavy atom. The lowest BCUT2D eigenvalue weighted by Crippen LogP contribution is -2.15. The van der Waals surface area contributed by atoms with E-state index in [1.54, 1.807) is 11.8 Å². The second-order valence-electron chi connectivity index (χ2n) is 6.27. The highest BCUT2D eigenvalue weighted by Crippen LogP contribution is 2.31. The molecule has 0 saturated heterocycles. The highest BCUT2D eigenvalue weighted by Gasteiger charge is 2.14. The van der Waals surface area contributed by atoms with Gasteiger partial charge in [-0.05, 0) is 36.6 Å². The lowest BCUT2D eigenvalue weighted by molar-refractivity contribution is -0.113. The van der Waals surface area contributed by atoms with Gasteiger partial charge in [-0.2, -0.15) is 0 Å². The predicted octanol–water partition coefficient (Wildman–Crippen LogP) is 6.12. The number of unbranched alkanes of at least 4 members (excludes halogenated alkanes) is 3. The van der Waals surface area contributed by atoms with Gasteiger partial charge in [0.25, 0.3) is 0 Å². The van der Waals surface area contributed by atoms with Crippen molar-refractivity contribution >= 4 is 23.3 Å². The van der Waals surface area contributed by atoms with Crippen LogP contribution in [-0.4, -0.2) is 16.7 Å². The first-order valence-electron chi connectivity index (χ1n) is 9.31. The van der Waals surface area contributed by atoms with Gasteiger partial charge in [-0.1, -0.05) is 80.4 Å². The molecule has 138 valence electrons. The molecule has 3 nitrogen and oxygen atoms in total. The van der Waals surface area contributed by atoms with E-state index in [2.05, 4.69) is 37.2 Å². The number of benzene rings is 2. The number of oxime groups is 1. The molecule has 0 aliphatic heterocycles. The van der Waals surface area contributed by atoms with Crippen LogP contribution in [0.25, 0.3) is 0 Å². The smallest absolute Gasteiger partial charge is 0.185 e. The molecule has 0 amide bonds.